The van der Waals surface area contributed by atoms with Gasteiger partial charge in [0, 0.05) is 30.5 Å². The van der Waals surface area contributed by atoms with Crippen molar-refractivity contribution in [2.24, 2.45) is 11.8 Å². The fraction of sp³-hybridized carbons (Fsp3) is 0.281. The van der Waals surface area contributed by atoms with Crippen LogP contribution >= 0.6 is 23.8 Å². The number of halogens is 1. The van der Waals surface area contributed by atoms with Crippen LogP contribution in [0.15, 0.2) is 83.4 Å². The van der Waals surface area contributed by atoms with Gasteiger partial charge in [0.2, 0.25) is 0 Å². The second-order valence-corrected chi connectivity index (χ2v) is 11.8. The topological polar surface area (TPSA) is 81.8 Å². The average molecular weight is 587 g/mol. The number of pyridine rings is 1. The number of carboxylic acid groups (broad SMARTS) is 1. The molecule has 0 aliphatic carbocycles. The van der Waals surface area contributed by atoms with Crippen LogP contribution < -0.4 is 15.1 Å². The molecule has 210 valence electrons. The smallest absolute Gasteiger partial charge is 0.336 e. The predicted molar refractivity (Wildman–Crippen MR) is 166 cm³/mol. The van der Waals surface area contributed by atoms with Gasteiger partial charge in [-0.05, 0) is 79.0 Å². The fourth-order valence-electron chi connectivity index (χ4n) is 6.22. The lowest BCUT2D eigenvalue weighted by Gasteiger charge is -2.37. The Morgan fingerprint density at radius 3 is 2.51 bits per heavy atom. The first-order valence-corrected chi connectivity index (χ1v) is 14.6. The van der Waals surface area contributed by atoms with Crippen molar-refractivity contribution in [2.45, 2.75) is 32.4 Å². The molecule has 0 spiro atoms. The van der Waals surface area contributed by atoms with Gasteiger partial charge in [-0.15, -0.1) is 0 Å². The first-order valence-electron chi connectivity index (χ1n) is 13.8. The number of carbonyl (C=O) groups is 1. The standard InChI is InChI=1S/C32H31ClN4O3S/c1-19-15-20(2)18-36(17-19)26-11-10-21(16-24(26)33)37-30(29(35-32(37)41)25-9-5-6-14-34-25)28-13-12-27(40-28)22-7-3-4-8-23(22)31(38)39/h3-14,16,19-20,29-30H,15,17-18H2,1-2H3,(H,35,41)(H,38,39)/t19-,20+,29-,30+/m0/s1. The number of nitrogens with one attached hydrogen (secondary N) is 1. The third-order valence-corrected chi connectivity index (χ3v) is 8.48. The molecule has 0 bridgehead atoms. The van der Waals surface area contributed by atoms with Gasteiger partial charge >= 0.3 is 5.97 Å². The minimum Gasteiger partial charge on any atom is -0.478 e. The molecule has 4 atom stereocenters. The molecule has 2 aliphatic heterocycles. The van der Waals surface area contributed by atoms with Gasteiger partial charge in [0.25, 0.3) is 0 Å². The molecule has 2 fully saturated rings. The van der Waals surface area contributed by atoms with E-state index in [4.69, 9.17) is 28.2 Å². The van der Waals surface area contributed by atoms with Gasteiger partial charge in [-0.3, -0.25) is 4.98 Å². The highest BCUT2D eigenvalue weighted by molar-refractivity contribution is 7.80. The van der Waals surface area contributed by atoms with Gasteiger partial charge in [0.1, 0.15) is 17.6 Å². The number of nitrogens with zero attached hydrogens (tertiary/aromatic N) is 3. The molecule has 0 amide bonds. The second-order valence-electron chi connectivity index (χ2n) is 11.0. The van der Waals surface area contributed by atoms with Crippen LogP contribution in [0.25, 0.3) is 11.3 Å². The zero-order valence-corrected chi connectivity index (χ0v) is 24.4. The Balaban J connectivity index is 1.40. The highest BCUT2D eigenvalue weighted by atomic mass is 35.5. The van der Waals surface area contributed by atoms with E-state index in [9.17, 15) is 9.90 Å². The Kier molecular flexibility index (Phi) is 7.45. The number of aromatic carboxylic acids is 1. The van der Waals surface area contributed by atoms with Crippen LogP contribution in [0.3, 0.4) is 0 Å². The summed E-state index contributed by atoms with van der Waals surface area (Å²) in [5.74, 6) is 1.29. The average Bonchev–Trinajstić information content (AvgIpc) is 3.57. The normalized spacial score (nSPS) is 22.6. The summed E-state index contributed by atoms with van der Waals surface area (Å²) in [4.78, 5) is 20.9. The van der Waals surface area contributed by atoms with Crippen LogP contribution in [0.2, 0.25) is 5.02 Å². The maximum absolute atomic E-state index is 11.9. The minimum atomic E-state index is -1.01. The molecule has 7 nitrogen and oxygen atoms in total. The van der Waals surface area contributed by atoms with E-state index >= 15 is 0 Å². The third kappa shape index (κ3) is 5.29. The van der Waals surface area contributed by atoms with E-state index < -0.39 is 5.97 Å². The molecule has 41 heavy (non-hydrogen) atoms. The van der Waals surface area contributed by atoms with Crippen molar-refractivity contribution in [2.75, 3.05) is 22.9 Å². The molecule has 9 heteroatoms. The zero-order valence-electron chi connectivity index (χ0n) is 22.8. The van der Waals surface area contributed by atoms with Crippen molar-refractivity contribution in [3.05, 3.63) is 101 Å². The Hall–Kier alpha value is -3.88. The minimum absolute atomic E-state index is 0.176. The summed E-state index contributed by atoms with van der Waals surface area (Å²) in [5.41, 5.74) is 3.36. The lowest BCUT2D eigenvalue weighted by molar-refractivity contribution is 0.0697. The Morgan fingerprint density at radius 1 is 1.05 bits per heavy atom. The molecule has 4 heterocycles. The summed E-state index contributed by atoms with van der Waals surface area (Å²) in [7, 11) is 0. The lowest BCUT2D eigenvalue weighted by Crippen LogP contribution is -2.38. The van der Waals surface area contributed by atoms with Crippen molar-refractivity contribution in [1.29, 1.82) is 0 Å². The highest BCUT2D eigenvalue weighted by Crippen LogP contribution is 2.45. The van der Waals surface area contributed by atoms with Crippen LogP contribution in [-0.4, -0.2) is 34.3 Å². The molecule has 6 rings (SSSR count). The number of furan rings is 1. The number of hydrogen-bond acceptors (Lipinski definition) is 5. The monoisotopic (exact) mass is 586 g/mol. The summed E-state index contributed by atoms with van der Waals surface area (Å²) in [6.45, 7) is 6.52. The number of carboxylic acids is 1. The van der Waals surface area contributed by atoms with E-state index in [1.807, 2.05) is 35.2 Å². The molecule has 2 N–H and O–H groups in total. The molecule has 2 aromatic heterocycles. The van der Waals surface area contributed by atoms with Crippen molar-refractivity contribution < 1.29 is 14.3 Å². The Labute approximate surface area is 249 Å². The molecule has 2 aromatic carbocycles. The summed E-state index contributed by atoms with van der Waals surface area (Å²) in [5, 5.41) is 14.4. The summed E-state index contributed by atoms with van der Waals surface area (Å²) in [6, 6.07) is 21.7. The van der Waals surface area contributed by atoms with Crippen LogP contribution in [0.5, 0.6) is 0 Å². The quantitative estimate of drug-likeness (QED) is 0.227. The molecule has 2 saturated heterocycles. The summed E-state index contributed by atoms with van der Waals surface area (Å²) in [6.07, 6.45) is 2.97. The maximum Gasteiger partial charge on any atom is 0.336 e. The SMILES string of the molecule is C[C@@H]1C[C@H](C)CN(c2ccc(N3C(=S)N[C@@H](c4ccccn4)[C@H]3c3ccc(-c4ccccc4C(=O)O)o3)cc2Cl)C1. The summed E-state index contributed by atoms with van der Waals surface area (Å²) >= 11 is 12.8. The molecule has 0 unspecified atom stereocenters. The molecule has 0 saturated carbocycles. The van der Waals surface area contributed by atoms with E-state index in [1.165, 1.54) is 6.42 Å². The van der Waals surface area contributed by atoms with E-state index in [-0.39, 0.29) is 17.6 Å². The van der Waals surface area contributed by atoms with E-state index in [0.717, 1.165) is 30.2 Å². The van der Waals surface area contributed by atoms with Gasteiger partial charge in [-0.1, -0.05) is 49.7 Å². The van der Waals surface area contributed by atoms with Gasteiger partial charge in [-0.2, -0.15) is 0 Å². The van der Waals surface area contributed by atoms with Gasteiger partial charge in [-0.25, -0.2) is 4.79 Å². The third-order valence-electron chi connectivity index (χ3n) is 7.86. The number of thiocarbonyl (C=S) groups is 1. The molecule has 4 aromatic rings. The summed E-state index contributed by atoms with van der Waals surface area (Å²) < 4.78 is 6.40. The Bertz CT molecular complexity index is 1580. The van der Waals surface area contributed by atoms with Crippen LogP contribution in [0.4, 0.5) is 11.4 Å². The first kappa shape index (κ1) is 27.3. The molecular formula is C32H31ClN4O3S. The van der Waals surface area contributed by atoms with Crippen molar-refractivity contribution >= 4 is 46.3 Å². The molecule has 0 radical (unpaired) electrons. The number of anilines is 2. The van der Waals surface area contributed by atoms with Crippen molar-refractivity contribution in [3.8, 4) is 11.3 Å². The van der Waals surface area contributed by atoms with Crippen LogP contribution in [0, 0.1) is 11.8 Å². The van der Waals surface area contributed by atoms with Crippen LogP contribution in [0.1, 0.15) is 54.2 Å². The predicted octanol–water partition coefficient (Wildman–Crippen LogP) is 7.35. The van der Waals surface area contributed by atoms with Crippen molar-refractivity contribution in [3.63, 3.8) is 0 Å². The Morgan fingerprint density at radius 2 is 1.80 bits per heavy atom. The van der Waals surface area contributed by atoms with E-state index in [2.05, 4.69) is 41.2 Å². The lowest BCUT2D eigenvalue weighted by atomic mass is 9.91. The maximum atomic E-state index is 11.9. The van der Waals surface area contributed by atoms with Gasteiger partial charge in [0.05, 0.1) is 28.0 Å². The van der Waals surface area contributed by atoms with E-state index in [0.29, 0.717) is 39.1 Å². The second kappa shape index (κ2) is 11.2. The van der Waals surface area contributed by atoms with Gasteiger partial charge in [0.15, 0.2) is 5.11 Å². The number of rotatable bonds is 6. The first-order chi connectivity index (χ1) is 19.8. The fourth-order valence-corrected chi connectivity index (χ4v) is 6.86. The number of aromatic nitrogens is 1. The molecule has 2 aliphatic rings. The van der Waals surface area contributed by atoms with Crippen molar-refractivity contribution in [1.82, 2.24) is 10.3 Å². The largest absolute Gasteiger partial charge is 0.478 e. The zero-order chi connectivity index (χ0) is 28.7. The number of piperidine rings is 1. The van der Waals surface area contributed by atoms with Crippen LogP contribution in [-0.2, 0) is 0 Å². The highest BCUT2D eigenvalue weighted by Gasteiger charge is 2.43. The number of hydrogen-bond donors (Lipinski definition) is 2. The van der Waals surface area contributed by atoms with E-state index in [1.54, 1.807) is 36.5 Å². The number of benzene rings is 2. The van der Waals surface area contributed by atoms with Gasteiger partial charge < -0.3 is 24.6 Å². The molecular weight excluding hydrogens is 556 g/mol.